The summed E-state index contributed by atoms with van der Waals surface area (Å²) in [6, 6.07) is 5.63. The number of aliphatic hydroxyl groups is 1. The van der Waals surface area contributed by atoms with Crippen molar-refractivity contribution in [1.82, 2.24) is 4.72 Å². The van der Waals surface area contributed by atoms with Crippen molar-refractivity contribution in [3.05, 3.63) is 24.3 Å². The summed E-state index contributed by atoms with van der Waals surface area (Å²) < 4.78 is 30.9. The van der Waals surface area contributed by atoms with Crippen LogP contribution in [0.5, 0.6) is 0 Å². The van der Waals surface area contributed by atoms with Gasteiger partial charge in [-0.3, -0.25) is 5.32 Å². The molecule has 0 aliphatic carbocycles. The summed E-state index contributed by atoms with van der Waals surface area (Å²) in [7, 11) is -2.46. The Bertz CT molecular complexity index is 575. The lowest BCUT2D eigenvalue weighted by Crippen LogP contribution is -2.32. The van der Waals surface area contributed by atoms with Gasteiger partial charge in [-0.1, -0.05) is 0 Å². The van der Waals surface area contributed by atoms with Crippen molar-refractivity contribution in [1.29, 1.82) is 0 Å². The molecule has 22 heavy (non-hydrogen) atoms. The zero-order chi connectivity index (χ0) is 16.6. The zero-order valence-corrected chi connectivity index (χ0v) is 14.0. The SMILES string of the molecule is COC(=O)Nc1ccc(S(=O)(=O)NCC(O)CCSC)cc1. The fraction of sp³-hybridized carbons (Fsp3) is 0.462. The van der Waals surface area contributed by atoms with E-state index in [4.69, 9.17) is 0 Å². The third kappa shape index (κ3) is 6.22. The van der Waals surface area contributed by atoms with Crippen LogP contribution in [-0.4, -0.2) is 51.4 Å². The molecule has 0 bridgehead atoms. The summed E-state index contributed by atoms with van der Waals surface area (Å²) in [4.78, 5) is 11.1. The predicted octanol–water partition coefficient (Wildman–Crippen LogP) is 1.26. The smallest absolute Gasteiger partial charge is 0.411 e. The Balaban J connectivity index is 2.63. The molecule has 0 radical (unpaired) electrons. The first-order chi connectivity index (χ1) is 10.4. The van der Waals surface area contributed by atoms with Crippen molar-refractivity contribution in [3.8, 4) is 0 Å². The van der Waals surface area contributed by atoms with Gasteiger partial charge >= 0.3 is 6.09 Å². The molecule has 1 atom stereocenters. The van der Waals surface area contributed by atoms with E-state index in [2.05, 4.69) is 14.8 Å². The second-order valence-electron chi connectivity index (χ2n) is 4.43. The minimum absolute atomic E-state index is 0.0367. The minimum atomic E-state index is -3.69. The van der Waals surface area contributed by atoms with Crippen LogP contribution in [0.4, 0.5) is 10.5 Å². The van der Waals surface area contributed by atoms with Gasteiger partial charge in [0.15, 0.2) is 0 Å². The number of sulfonamides is 1. The van der Waals surface area contributed by atoms with E-state index in [1.54, 1.807) is 11.8 Å². The van der Waals surface area contributed by atoms with Crippen LogP contribution >= 0.6 is 11.8 Å². The summed E-state index contributed by atoms with van der Waals surface area (Å²) in [6.07, 6.45) is 1.08. The fourth-order valence-corrected chi connectivity index (χ4v) is 3.11. The van der Waals surface area contributed by atoms with E-state index in [1.807, 2.05) is 6.26 Å². The van der Waals surface area contributed by atoms with Crippen molar-refractivity contribution in [2.45, 2.75) is 17.4 Å². The molecule has 1 aromatic carbocycles. The highest BCUT2D eigenvalue weighted by molar-refractivity contribution is 7.98. The molecule has 0 aromatic heterocycles. The number of anilines is 1. The van der Waals surface area contributed by atoms with E-state index in [1.165, 1.54) is 31.4 Å². The van der Waals surface area contributed by atoms with Crippen LogP contribution in [0.2, 0.25) is 0 Å². The molecule has 1 amide bonds. The van der Waals surface area contributed by atoms with Gasteiger partial charge < -0.3 is 9.84 Å². The van der Waals surface area contributed by atoms with Crippen LogP contribution in [0.15, 0.2) is 29.2 Å². The average molecular weight is 348 g/mol. The van der Waals surface area contributed by atoms with E-state index in [0.717, 1.165) is 5.75 Å². The first-order valence-corrected chi connectivity index (χ1v) is 9.38. The van der Waals surface area contributed by atoms with Gasteiger partial charge in [-0.2, -0.15) is 11.8 Å². The predicted molar refractivity (Wildman–Crippen MR) is 86.7 cm³/mol. The van der Waals surface area contributed by atoms with E-state index in [9.17, 15) is 18.3 Å². The second-order valence-corrected chi connectivity index (χ2v) is 7.18. The maximum Gasteiger partial charge on any atom is 0.411 e. The largest absolute Gasteiger partial charge is 0.453 e. The molecule has 0 saturated carbocycles. The number of nitrogens with one attached hydrogen (secondary N) is 2. The molecule has 0 heterocycles. The summed E-state index contributed by atoms with van der Waals surface area (Å²) >= 11 is 1.59. The fourth-order valence-electron chi connectivity index (χ4n) is 1.53. The van der Waals surface area contributed by atoms with E-state index < -0.39 is 22.2 Å². The Kier molecular flexibility index (Phi) is 7.66. The Morgan fingerprint density at radius 1 is 1.36 bits per heavy atom. The van der Waals surface area contributed by atoms with Crippen LogP contribution in [-0.2, 0) is 14.8 Å². The van der Waals surface area contributed by atoms with Gasteiger partial charge in [-0.25, -0.2) is 17.9 Å². The molecule has 1 rings (SSSR count). The second kappa shape index (κ2) is 8.99. The summed E-state index contributed by atoms with van der Waals surface area (Å²) in [5, 5.41) is 12.1. The molecule has 0 saturated heterocycles. The number of hydrogen-bond acceptors (Lipinski definition) is 6. The number of benzene rings is 1. The van der Waals surface area contributed by atoms with E-state index in [-0.39, 0.29) is 11.4 Å². The van der Waals surface area contributed by atoms with E-state index in [0.29, 0.717) is 12.1 Å². The minimum Gasteiger partial charge on any atom is -0.453 e. The number of carbonyl (C=O) groups is 1. The molecular formula is C13H20N2O5S2. The normalized spacial score (nSPS) is 12.7. The van der Waals surface area contributed by atoms with Gasteiger partial charge in [0.1, 0.15) is 0 Å². The summed E-state index contributed by atoms with van der Waals surface area (Å²) in [6.45, 7) is -0.0367. The number of methoxy groups -OCH3 is 1. The Hall–Kier alpha value is -1.29. The third-order valence-corrected chi connectivity index (χ3v) is 4.84. The number of rotatable bonds is 8. The van der Waals surface area contributed by atoms with Crippen molar-refractivity contribution < 1.29 is 23.1 Å². The van der Waals surface area contributed by atoms with Crippen LogP contribution in [0.1, 0.15) is 6.42 Å². The van der Waals surface area contributed by atoms with Gasteiger partial charge in [0.25, 0.3) is 0 Å². The summed E-state index contributed by atoms with van der Waals surface area (Å²) in [5.74, 6) is 0.761. The molecule has 124 valence electrons. The quantitative estimate of drug-likeness (QED) is 0.653. The Labute approximate surface area is 134 Å². The van der Waals surface area contributed by atoms with Gasteiger partial charge in [-0.15, -0.1) is 0 Å². The lowest BCUT2D eigenvalue weighted by molar-refractivity contribution is 0.175. The zero-order valence-electron chi connectivity index (χ0n) is 12.4. The molecule has 0 aliphatic rings. The molecule has 9 heteroatoms. The first kappa shape index (κ1) is 18.8. The molecule has 7 nitrogen and oxygen atoms in total. The van der Waals surface area contributed by atoms with Crippen LogP contribution in [0.3, 0.4) is 0 Å². The highest BCUT2D eigenvalue weighted by Crippen LogP contribution is 2.14. The van der Waals surface area contributed by atoms with Crippen molar-refractivity contribution in [3.63, 3.8) is 0 Å². The summed E-state index contributed by atoms with van der Waals surface area (Å²) in [5.41, 5.74) is 0.422. The Morgan fingerprint density at radius 2 is 2.00 bits per heavy atom. The molecule has 1 aromatic rings. The van der Waals surface area contributed by atoms with Crippen LogP contribution < -0.4 is 10.0 Å². The molecule has 0 fully saturated rings. The topological polar surface area (TPSA) is 105 Å². The number of carbonyl (C=O) groups excluding carboxylic acids is 1. The van der Waals surface area contributed by atoms with Crippen molar-refractivity contribution in [2.75, 3.05) is 31.0 Å². The molecule has 0 aliphatic heterocycles. The molecular weight excluding hydrogens is 328 g/mol. The van der Waals surface area contributed by atoms with Gasteiger partial charge in [0.2, 0.25) is 10.0 Å². The number of hydrogen-bond donors (Lipinski definition) is 3. The number of thioether (sulfide) groups is 1. The first-order valence-electron chi connectivity index (χ1n) is 6.50. The maximum absolute atomic E-state index is 12.1. The van der Waals surface area contributed by atoms with Crippen molar-refractivity contribution >= 4 is 33.6 Å². The third-order valence-electron chi connectivity index (χ3n) is 2.76. The lowest BCUT2D eigenvalue weighted by atomic mass is 10.3. The number of amides is 1. The van der Waals surface area contributed by atoms with Gasteiger partial charge in [0, 0.05) is 12.2 Å². The molecule has 3 N–H and O–H groups in total. The number of ether oxygens (including phenoxy) is 1. The van der Waals surface area contributed by atoms with Gasteiger partial charge in [-0.05, 0) is 42.7 Å². The standard InChI is InChI=1S/C13H20N2O5S2/c1-20-13(17)15-10-3-5-12(6-4-10)22(18,19)14-9-11(16)7-8-21-2/h3-6,11,14,16H,7-9H2,1-2H3,(H,15,17). The van der Waals surface area contributed by atoms with Crippen LogP contribution in [0.25, 0.3) is 0 Å². The van der Waals surface area contributed by atoms with Crippen molar-refractivity contribution in [2.24, 2.45) is 0 Å². The Morgan fingerprint density at radius 3 is 2.55 bits per heavy atom. The lowest BCUT2D eigenvalue weighted by Gasteiger charge is -2.12. The number of aliphatic hydroxyl groups excluding tert-OH is 1. The average Bonchev–Trinajstić information content (AvgIpc) is 2.51. The highest BCUT2D eigenvalue weighted by atomic mass is 32.2. The highest BCUT2D eigenvalue weighted by Gasteiger charge is 2.15. The molecule has 1 unspecified atom stereocenters. The molecule has 0 spiro atoms. The maximum atomic E-state index is 12.1. The van der Waals surface area contributed by atoms with Gasteiger partial charge in [0.05, 0.1) is 18.1 Å². The van der Waals surface area contributed by atoms with E-state index >= 15 is 0 Å². The van der Waals surface area contributed by atoms with Crippen LogP contribution in [0, 0.1) is 0 Å². The monoisotopic (exact) mass is 348 g/mol.